The molecule has 1 aliphatic rings. The Morgan fingerprint density at radius 2 is 2.00 bits per heavy atom. The Kier molecular flexibility index (Phi) is 5.06. The molecule has 1 atom stereocenters. The minimum Gasteiger partial charge on any atom is -0.478 e. The van der Waals surface area contributed by atoms with Crippen LogP contribution >= 0.6 is 11.8 Å². The summed E-state index contributed by atoms with van der Waals surface area (Å²) in [6, 6.07) is 6.68. The van der Waals surface area contributed by atoms with Crippen LogP contribution in [-0.2, 0) is 11.3 Å². The number of nitrogens with zero attached hydrogens (tertiary/aromatic N) is 1. The smallest absolute Gasteiger partial charge is 0.335 e. The number of rotatable bonds is 4. The second kappa shape index (κ2) is 6.79. The second-order valence-electron chi connectivity index (χ2n) is 5.05. The first-order valence-electron chi connectivity index (χ1n) is 6.77. The van der Waals surface area contributed by atoms with Crippen molar-refractivity contribution in [2.45, 2.75) is 31.1 Å². The summed E-state index contributed by atoms with van der Waals surface area (Å²) in [5, 5.41) is 8.94. The molecule has 1 unspecified atom stereocenters. The molecule has 0 aliphatic carbocycles. The van der Waals surface area contributed by atoms with Crippen LogP contribution in [0.5, 0.6) is 0 Å². The number of benzene rings is 1. The van der Waals surface area contributed by atoms with Crippen molar-refractivity contribution in [3.8, 4) is 0 Å². The zero-order valence-electron chi connectivity index (χ0n) is 11.5. The first-order chi connectivity index (χ1) is 9.58. The van der Waals surface area contributed by atoms with E-state index in [1.807, 2.05) is 7.05 Å². The minimum atomic E-state index is -0.931. The van der Waals surface area contributed by atoms with Gasteiger partial charge in [-0.3, -0.25) is 4.79 Å². The Hall–Kier alpha value is -1.49. The lowest BCUT2D eigenvalue weighted by Crippen LogP contribution is -2.35. The Morgan fingerprint density at radius 3 is 2.55 bits per heavy atom. The fraction of sp³-hybridized carbons (Fsp3) is 0.467. The molecule has 1 saturated heterocycles. The average Bonchev–Trinajstić information content (AvgIpc) is 2.48. The highest BCUT2D eigenvalue weighted by Crippen LogP contribution is 2.26. The van der Waals surface area contributed by atoms with Crippen LogP contribution in [0.4, 0.5) is 0 Å². The van der Waals surface area contributed by atoms with Gasteiger partial charge in [-0.2, -0.15) is 0 Å². The predicted octanol–water partition coefficient (Wildman–Crippen LogP) is 2.63. The van der Waals surface area contributed by atoms with Crippen molar-refractivity contribution < 1.29 is 14.7 Å². The minimum absolute atomic E-state index is 0.0899. The third kappa shape index (κ3) is 3.76. The zero-order valence-corrected chi connectivity index (χ0v) is 12.4. The quantitative estimate of drug-likeness (QED) is 0.927. The van der Waals surface area contributed by atoms with Gasteiger partial charge in [-0.15, -0.1) is 11.8 Å². The maximum Gasteiger partial charge on any atom is 0.335 e. The molecule has 0 bridgehead atoms. The van der Waals surface area contributed by atoms with E-state index in [1.54, 1.807) is 40.9 Å². The Labute approximate surface area is 123 Å². The first-order valence-corrected chi connectivity index (χ1v) is 7.81. The summed E-state index contributed by atoms with van der Waals surface area (Å²) in [5.74, 6) is 0.314. The second-order valence-corrected chi connectivity index (χ2v) is 6.36. The number of carboxylic acids is 1. The highest BCUT2D eigenvalue weighted by molar-refractivity contribution is 8.00. The van der Waals surface area contributed by atoms with Gasteiger partial charge in [0.25, 0.3) is 0 Å². The van der Waals surface area contributed by atoms with Crippen LogP contribution in [0.3, 0.4) is 0 Å². The molecular weight excluding hydrogens is 274 g/mol. The lowest BCUT2D eigenvalue weighted by molar-refractivity contribution is -0.130. The number of hydrogen-bond acceptors (Lipinski definition) is 3. The summed E-state index contributed by atoms with van der Waals surface area (Å²) in [7, 11) is 1.81. The molecule has 0 saturated carbocycles. The third-order valence-electron chi connectivity index (χ3n) is 3.45. The molecule has 1 aromatic rings. The molecule has 1 N–H and O–H groups in total. The van der Waals surface area contributed by atoms with Crippen molar-refractivity contribution in [3.05, 3.63) is 35.4 Å². The molecule has 108 valence electrons. The molecule has 0 aromatic heterocycles. The Bertz CT molecular complexity index is 480. The number of hydrogen-bond donors (Lipinski definition) is 1. The van der Waals surface area contributed by atoms with E-state index in [0.717, 1.165) is 24.2 Å². The molecule has 4 nitrogen and oxygen atoms in total. The number of thioether (sulfide) groups is 1. The van der Waals surface area contributed by atoms with Crippen molar-refractivity contribution in [1.29, 1.82) is 0 Å². The van der Waals surface area contributed by atoms with Gasteiger partial charge in [0, 0.05) is 13.6 Å². The zero-order chi connectivity index (χ0) is 14.5. The fourth-order valence-corrected chi connectivity index (χ4v) is 3.60. The SMILES string of the molecule is CN(Cc1ccc(C(=O)O)cc1)C(=O)C1CCCCS1. The molecule has 20 heavy (non-hydrogen) atoms. The van der Waals surface area contributed by atoms with Gasteiger partial charge in [-0.05, 0) is 36.3 Å². The fourth-order valence-electron chi connectivity index (χ4n) is 2.29. The van der Waals surface area contributed by atoms with Crippen LogP contribution in [0.2, 0.25) is 0 Å². The molecule has 0 radical (unpaired) electrons. The largest absolute Gasteiger partial charge is 0.478 e. The third-order valence-corrected chi connectivity index (χ3v) is 4.82. The van der Waals surface area contributed by atoms with Gasteiger partial charge < -0.3 is 10.0 Å². The van der Waals surface area contributed by atoms with Crippen LogP contribution in [0, 0.1) is 0 Å². The summed E-state index contributed by atoms with van der Waals surface area (Å²) in [6.07, 6.45) is 3.30. The van der Waals surface area contributed by atoms with Crippen LogP contribution in [0.25, 0.3) is 0 Å². The lowest BCUT2D eigenvalue weighted by atomic mass is 10.1. The molecule has 5 heteroatoms. The van der Waals surface area contributed by atoms with Gasteiger partial charge in [0.2, 0.25) is 5.91 Å². The van der Waals surface area contributed by atoms with Gasteiger partial charge in [-0.25, -0.2) is 4.79 Å². The van der Waals surface area contributed by atoms with Crippen molar-refractivity contribution in [2.24, 2.45) is 0 Å². The van der Waals surface area contributed by atoms with Crippen molar-refractivity contribution in [1.82, 2.24) is 4.90 Å². The monoisotopic (exact) mass is 293 g/mol. The summed E-state index contributed by atoms with van der Waals surface area (Å²) in [4.78, 5) is 24.8. The maximum atomic E-state index is 12.3. The van der Waals surface area contributed by atoms with Gasteiger partial charge in [-0.1, -0.05) is 18.6 Å². The summed E-state index contributed by atoms with van der Waals surface area (Å²) in [6.45, 7) is 0.524. The van der Waals surface area contributed by atoms with E-state index in [4.69, 9.17) is 5.11 Å². The first kappa shape index (κ1) is 14.9. The number of carbonyl (C=O) groups excluding carboxylic acids is 1. The van der Waals surface area contributed by atoms with E-state index in [0.29, 0.717) is 6.54 Å². The average molecular weight is 293 g/mol. The number of carboxylic acid groups (broad SMARTS) is 1. The maximum absolute atomic E-state index is 12.3. The highest BCUT2D eigenvalue weighted by atomic mass is 32.2. The van der Waals surface area contributed by atoms with Crippen molar-refractivity contribution in [2.75, 3.05) is 12.8 Å². The molecule has 1 fully saturated rings. The Morgan fingerprint density at radius 1 is 1.30 bits per heavy atom. The van der Waals surface area contributed by atoms with E-state index < -0.39 is 5.97 Å². The molecular formula is C15H19NO3S. The van der Waals surface area contributed by atoms with E-state index >= 15 is 0 Å². The van der Waals surface area contributed by atoms with Gasteiger partial charge >= 0.3 is 5.97 Å². The molecule has 1 aliphatic heterocycles. The standard InChI is InChI=1S/C15H19NO3S/c1-16(14(17)13-4-2-3-9-20-13)10-11-5-7-12(8-6-11)15(18)19/h5-8,13H,2-4,9-10H2,1H3,(H,18,19). The normalized spacial score (nSPS) is 18.6. The Balaban J connectivity index is 1.94. The van der Waals surface area contributed by atoms with E-state index in [2.05, 4.69) is 0 Å². The highest BCUT2D eigenvalue weighted by Gasteiger charge is 2.24. The molecule has 2 rings (SSSR count). The van der Waals surface area contributed by atoms with E-state index in [9.17, 15) is 9.59 Å². The topological polar surface area (TPSA) is 57.6 Å². The summed E-state index contributed by atoms with van der Waals surface area (Å²) in [5.41, 5.74) is 1.22. The van der Waals surface area contributed by atoms with E-state index in [-0.39, 0.29) is 16.7 Å². The van der Waals surface area contributed by atoms with Crippen LogP contribution in [0.1, 0.15) is 35.2 Å². The van der Waals surface area contributed by atoms with Crippen molar-refractivity contribution in [3.63, 3.8) is 0 Å². The number of aromatic carboxylic acids is 1. The van der Waals surface area contributed by atoms with Crippen molar-refractivity contribution >= 4 is 23.6 Å². The number of amides is 1. The molecule has 0 spiro atoms. The van der Waals surface area contributed by atoms with Gasteiger partial charge in [0.15, 0.2) is 0 Å². The molecule has 1 aromatic carbocycles. The summed E-state index contributed by atoms with van der Waals surface area (Å²) >= 11 is 1.75. The lowest BCUT2D eigenvalue weighted by Gasteiger charge is -2.26. The van der Waals surface area contributed by atoms with Gasteiger partial charge in [0.1, 0.15) is 0 Å². The summed E-state index contributed by atoms with van der Waals surface area (Å²) < 4.78 is 0. The predicted molar refractivity (Wildman–Crippen MR) is 80.0 cm³/mol. The van der Waals surface area contributed by atoms with Crippen LogP contribution in [-0.4, -0.2) is 39.9 Å². The van der Waals surface area contributed by atoms with Gasteiger partial charge in [0.05, 0.1) is 10.8 Å². The molecule has 1 heterocycles. The van der Waals surface area contributed by atoms with Crippen LogP contribution < -0.4 is 0 Å². The van der Waals surface area contributed by atoms with Crippen LogP contribution in [0.15, 0.2) is 24.3 Å². The van der Waals surface area contributed by atoms with E-state index in [1.165, 1.54) is 6.42 Å². The molecule has 1 amide bonds. The number of carbonyl (C=O) groups is 2.